The van der Waals surface area contributed by atoms with Crippen molar-refractivity contribution in [1.29, 1.82) is 0 Å². The molecule has 3 aromatic rings. The molecule has 7 nitrogen and oxygen atoms in total. The number of ether oxygens (including phenoxy) is 1. The number of fused-ring (bicyclic) bond motifs is 1. The van der Waals surface area contributed by atoms with Gasteiger partial charge in [0.25, 0.3) is 5.78 Å². The highest BCUT2D eigenvalue weighted by atomic mass is 16.5. The Hall–Kier alpha value is -2.83. The number of rotatable bonds is 2. The molecular formula is C12H9N5O2. The molecule has 0 atom stereocenters. The van der Waals surface area contributed by atoms with Gasteiger partial charge in [-0.15, -0.1) is 5.10 Å². The van der Waals surface area contributed by atoms with E-state index < -0.39 is 5.97 Å². The van der Waals surface area contributed by atoms with Crippen molar-refractivity contribution in [2.75, 3.05) is 7.11 Å². The van der Waals surface area contributed by atoms with Crippen molar-refractivity contribution in [3.05, 3.63) is 42.5 Å². The van der Waals surface area contributed by atoms with Crippen LogP contribution in [0.25, 0.3) is 17.2 Å². The second-order valence-electron chi connectivity index (χ2n) is 3.76. The number of carbonyl (C=O) groups excluding carboxylic acids is 1. The normalized spacial score (nSPS) is 10.6. The van der Waals surface area contributed by atoms with Crippen LogP contribution in [0.2, 0.25) is 0 Å². The zero-order valence-electron chi connectivity index (χ0n) is 10.0. The molecule has 0 aliphatic rings. The molecule has 0 aromatic carbocycles. The molecule has 0 spiro atoms. The fraction of sp³-hybridized carbons (Fsp3) is 0.0833. The van der Waals surface area contributed by atoms with Crippen molar-refractivity contribution in [3.63, 3.8) is 0 Å². The summed E-state index contributed by atoms with van der Waals surface area (Å²) in [5.74, 6) is 0.446. The fourth-order valence-corrected chi connectivity index (χ4v) is 1.62. The standard InChI is InChI=1S/C12H9N5O2/c1-19-11(18)9-6-14-12-15-10(16-17(12)7-9)8-3-2-4-13-5-8/h2-7H,1H3. The number of aromatic nitrogens is 5. The lowest BCUT2D eigenvalue weighted by atomic mass is 10.3. The van der Waals surface area contributed by atoms with Crippen LogP contribution in [0.15, 0.2) is 36.9 Å². The van der Waals surface area contributed by atoms with Crippen LogP contribution in [0.5, 0.6) is 0 Å². The van der Waals surface area contributed by atoms with Gasteiger partial charge in [0.1, 0.15) is 0 Å². The maximum Gasteiger partial charge on any atom is 0.341 e. The van der Waals surface area contributed by atoms with Gasteiger partial charge >= 0.3 is 5.97 Å². The van der Waals surface area contributed by atoms with Gasteiger partial charge in [-0.25, -0.2) is 14.3 Å². The molecule has 7 heteroatoms. The zero-order chi connectivity index (χ0) is 13.2. The fourth-order valence-electron chi connectivity index (χ4n) is 1.62. The van der Waals surface area contributed by atoms with E-state index in [1.54, 1.807) is 18.5 Å². The minimum atomic E-state index is -0.465. The van der Waals surface area contributed by atoms with E-state index in [1.165, 1.54) is 24.0 Å². The van der Waals surface area contributed by atoms with E-state index >= 15 is 0 Å². The van der Waals surface area contributed by atoms with Crippen molar-refractivity contribution in [1.82, 2.24) is 24.6 Å². The average molecular weight is 255 g/mol. The van der Waals surface area contributed by atoms with Crippen molar-refractivity contribution in [2.45, 2.75) is 0 Å². The minimum Gasteiger partial charge on any atom is -0.465 e. The number of methoxy groups -OCH3 is 1. The summed E-state index contributed by atoms with van der Waals surface area (Å²) < 4.78 is 6.07. The van der Waals surface area contributed by atoms with Crippen LogP contribution < -0.4 is 0 Å². The first kappa shape index (κ1) is 11.3. The second kappa shape index (κ2) is 4.45. The summed E-state index contributed by atoms with van der Waals surface area (Å²) in [6, 6.07) is 3.65. The smallest absolute Gasteiger partial charge is 0.341 e. The lowest BCUT2D eigenvalue weighted by molar-refractivity contribution is 0.0599. The molecule has 0 amide bonds. The van der Waals surface area contributed by atoms with Crippen LogP contribution >= 0.6 is 0 Å². The van der Waals surface area contributed by atoms with E-state index in [1.807, 2.05) is 6.07 Å². The number of pyridine rings is 1. The van der Waals surface area contributed by atoms with E-state index in [9.17, 15) is 4.79 Å². The molecule has 0 unspecified atom stereocenters. The van der Waals surface area contributed by atoms with Crippen LogP contribution in [0.4, 0.5) is 0 Å². The molecule has 19 heavy (non-hydrogen) atoms. The molecule has 3 heterocycles. The van der Waals surface area contributed by atoms with Gasteiger partial charge in [0.05, 0.1) is 12.7 Å². The maximum atomic E-state index is 11.4. The third-order valence-corrected chi connectivity index (χ3v) is 2.53. The first-order chi connectivity index (χ1) is 9.28. The van der Waals surface area contributed by atoms with Gasteiger partial charge in [-0.2, -0.15) is 4.98 Å². The zero-order valence-corrected chi connectivity index (χ0v) is 10.0. The molecule has 0 aliphatic carbocycles. The van der Waals surface area contributed by atoms with Crippen molar-refractivity contribution in [3.8, 4) is 11.4 Å². The Morgan fingerprint density at radius 3 is 3.00 bits per heavy atom. The van der Waals surface area contributed by atoms with Crippen molar-refractivity contribution in [2.24, 2.45) is 0 Å². The Balaban J connectivity index is 2.09. The third-order valence-electron chi connectivity index (χ3n) is 2.53. The van der Waals surface area contributed by atoms with Gasteiger partial charge in [-0.3, -0.25) is 4.98 Å². The molecule has 0 aliphatic heterocycles. The summed E-state index contributed by atoms with van der Waals surface area (Å²) in [7, 11) is 1.31. The van der Waals surface area contributed by atoms with Gasteiger partial charge in [0.2, 0.25) is 0 Å². The highest BCUT2D eigenvalue weighted by Gasteiger charge is 2.11. The van der Waals surface area contributed by atoms with Crippen LogP contribution in [-0.4, -0.2) is 37.6 Å². The summed E-state index contributed by atoms with van der Waals surface area (Å²) in [6.07, 6.45) is 6.27. The first-order valence-electron chi connectivity index (χ1n) is 5.49. The first-order valence-corrected chi connectivity index (χ1v) is 5.49. The van der Waals surface area contributed by atoms with Crippen LogP contribution in [-0.2, 0) is 4.74 Å². The number of carbonyl (C=O) groups is 1. The summed E-state index contributed by atoms with van der Waals surface area (Å²) in [5, 5.41) is 4.26. The number of esters is 1. The molecule has 0 radical (unpaired) electrons. The summed E-state index contributed by atoms with van der Waals surface area (Å²) in [4.78, 5) is 23.7. The van der Waals surface area contributed by atoms with E-state index in [0.717, 1.165) is 5.56 Å². The third kappa shape index (κ3) is 2.01. The van der Waals surface area contributed by atoms with Crippen LogP contribution in [0.3, 0.4) is 0 Å². The largest absolute Gasteiger partial charge is 0.465 e. The van der Waals surface area contributed by atoms with Gasteiger partial charge in [-0.1, -0.05) is 0 Å². The van der Waals surface area contributed by atoms with Crippen molar-refractivity contribution < 1.29 is 9.53 Å². The highest BCUT2D eigenvalue weighted by molar-refractivity contribution is 5.88. The molecule has 94 valence electrons. The average Bonchev–Trinajstić information content (AvgIpc) is 2.90. The predicted molar refractivity (Wildman–Crippen MR) is 65.4 cm³/mol. The van der Waals surface area contributed by atoms with E-state index in [4.69, 9.17) is 0 Å². The Bertz CT molecular complexity index is 738. The summed E-state index contributed by atoms with van der Waals surface area (Å²) in [6.45, 7) is 0. The topological polar surface area (TPSA) is 82.3 Å². The number of hydrogen-bond donors (Lipinski definition) is 0. The molecule has 3 aromatic heterocycles. The second-order valence-corrected chi connectivity index (χ2v) is 3.76. The maximum absolute atomic E-state index is 11.4. The summed E-state index contributed by atoms with van der Waals surface area (Å²) >= 11 is 0. The van der Waals surface area contributed by atoms with Crippen molar-refractivity contribution >= 4 is 11.7 Å². The van der Waals surface area contributed by atoms with Gasteiger partial charge in [0, 0.05) is 30.4 Å². The molecule has 0 N–H and O–H groups in total. The van der Waals surface area contributed by atoms with Crippen LogP contribution in [0.1, 0.15) is 10.4 Å². The van der Waals surface area contributed by atoms with E-state index in [2.05, 4.69) is 24.8 Å². The lowest BCUT2D eigenvalue weighted by Crippen LogP contribution is -2.04. The number of hydrogen-bond acceptors (Lipinski definition) is 6. The Morgan fingerprint density at radius 2 is 2.26 bits per heavy atom. The molecule has 0 saturated carbocycles. The van der Waals surface area contributed by atoms with E-state index in [-0.39, 0.29) is 0 Å². The minimum absolute atomic E-state index is 0.317. The Labute approximate surface area is 107 Å². The molecule has 0 saturated heterocycles. The molecule has 3 rings (SSSR count). The number of nitrogens with zero attached hydrogens (tertiary/aromatic N) is 5. The van der Waals surface area contributed by atoms with Gasteiger partial charge < -0.3 is 4.74 Å². The molecule has 0 bridgehead atoms. The summed E-state index contributed by atoms with van der Waals surface area (Å²) in [5.41, 5.74) is 1.10. The lowest BCUT2D eigenvalue weighted by Gasteiger charge is -1.97. The Morgan fingerprint density at radius 1 is 1.37 bits per heavy atom. The van der Waals surface area contributed by atoms with Gasteiger partial charge in [-0.05, 0) is 12.1 Å². The quantitative estimate of drug-likeness (QED) is 0.635. The van der Waals surface area contributed by atoms with Crippen LogP contribution in [0, 0.1) is 0 Å². The van der Waals surface area contributed by atoms with E-state index in [0.29, 0.717) is 17.2 Å². The SMILES string of the molecule is COC(=O)c1cnc2nc(-c3cccnc3)nn2c1. The Kier molecular flexibility index (Phi) is 2.64. The monoisotopic (exact) mass is 255 g/mol. The predicted octanol–water partition coefficient (Wildman–Crippen LogP) is 0.973. The molecule has 0 fully saturated rings. The highest BCUT2D eigenvalue weighted by Crippen LogP contribution is 2.13. The van der Waals surface area contributed by atoms with Gasteiger partial charge in [0.15, 0.2) is 5.82 Å². The molecular weight excluding hydrogens is 246 g/mol.